The molecule has 0 spiro atoms. The highest BCUT2D eigenvalue weighted by molar-refractivity contribution is 5.92. The lowest BCUT2D eigenvalue weighted by Crippen LogP contribution is -2.51. The number of nitrogens with zero attached hydrogens (tertiary/aromatic N) is 6. The number of halogens is 7. The number of anilines is 1. The van der Waals surface area contributed by atoms with Gasteiger partial charge in [0.1, 0.15) is 18.3 Å². The molecule has 2 aromatic heterocycles. The van der Waals surface area contributed by atoms with Gasteiger partial charge in [-0.25, -0.2) is 9.07 Å². The van der Waals surface area contributed by atoms with E-state index in [1.165, 1.54) is 30.6 Å². The monoisotopic (exact) mass is 718 g/mol. The maximum Gasteiger partial charge on any atom is 0.397 e. The number of piperazine rings is 1. The fourth-order valence-corrected chi connectivity index (χ4v) is 4.91. The van der Waals surface area contributed by atoms with Gasteiger partial charge in [-0.1, -0.05) is 17.3 Å². The Morgan fingerprint density at radius 1 is 1.06 bits per heavy atom. The minimum Gasteiger partial charge on any atom is -0.433 e. The van der Waals surface area contributed by atoms with Gasteiger partial charge in [0.25, 0.3) is 11.5 Å². The van der Waals surface area contributed by atoms with E-state index in [1.54, 1.807) is 11.0 Å². The Kier molecular flexibility index (Phi) is 12.2. The molecule has 0 bridgehead atoms. The Hall–Kier alpha value is -5.01. The van der Waals surface area contributed by atoms with Crippen LogP contribution in [0.2, 0.25) is 0 Å². The van der Waals surface area contributed by atoms with Gasteiger partial charge in [0.15, 0.2) is 5.69 Å². The lowest BCUT2D eigenvalue weighted by atomic mass is 10.2. The summed E-state index contributed by atoms with van der Waals surface area (Å²) in [4.78, 5) is 51.8. The van der Waals surface area contributed by atoms with E-state index < -0.39 is 59.7 Å². The minimum atomic E-state index is -4.62. The number of pyridine rings is 1. The molecule has 13 nitrogen and oxygen atoms in total. The number of nitrogens with one attached hydrogen (secondary N) is 2. The first-order chi connectivity index (χ1) is 23.5. The SMILES string of the molecule is CC(F)(F)Oc1cccc(CNC(=O)c2cn(CC(F)CCn3ccc(NC(=O)CN4CCN(C(=O)CC(F)(F)F)CC4)c(F)c3=O)nn2)c1. The Balaban J connectivity index is 1.21. The summed E-state index contributed by atoms with van der Waals surface area (Å²) in [5.74, 6) is -3.79. The lowest BCUT2D eigenvalue weighted by Gasteiger charge is -2.34. The molecule has 50 heavy (non-hydrogen) atoms. The zero-order chi connectivity index (χ0) is 36.6. The molecule has 0 aliphatic carbocycles. The molecule has 272 valence electrons. The highest BCUT2D eigenvalue weighted by Crippen LogP contribution is 2.23. The minimum absolute atomic E-state index is 0.0181. The molecule has 1 fully saturated rings. The second-order valence-electron chi connectivity index (χ2n) is 11.5. The quantitative estimate of drug-likeness (QED) is 0.243. The highest BCUT2D eigenvalue weighted by atomic mass is 19.4. The van der Waals surface area contributed by atoms with Gasteiger partial charge in [0.05, 0.1) is 25.0 Å². The van der Waals surface area contributed by atoms with Crippen LogP contribution in [-0.2, 0) is 29.2 Å². The number of hydrogen-bond donors (Lipinski definition) is 2. The third-order valence-electron chi connectivity index (χ3n) is 7.31. The van der Waals surface area contributed by atoms with Crippen LogP contribution in [0.4, 0.5) is 36.4 Å². The van der Waals surface area contributed by atoms with Crippen molar-refractivity contribution in [2.24, 2.45) is 0 Å². The van der Waals surface area contributed by atoms with Gasteiger partial charge in [0.2, 0.25) is 17.6 Å². The Morgan fingerprint density at radius 3 is 2.46 bits per heavy atom. The van der Waals surface area contributed by atoms with Crippen molar-refractivity contribution in [3.63, 3.8) is 0 Å². The molecule has 3 heterocycles. The summed E-state index contributed by atoms with van der Waals surface area (Å²) < 4.78 is 99.6. The number of carbonyl (C=O) groups is 3. The number of aromatic nitrogens is 4. The van der Waals surface area contributed by atoms with Crippen LogP contribution in [0.1, 0.15) is 35.8 Å². The highest BCUT2D eigenvalue weighted by Gasteiger charge is 2.34. The number of benzene rings is 1. The zero-order valence-corrected chi connectivity index (χ0v) is 26.6. The van der Waals surface area contributed by atoms with Crippen LogP contribution in [0.15, 0.2) is 47.5 Å². The van der Waals surface area contributed by atoms with E-state index in [-0.39, 0.29) is 70.2 Å². The molecule has 1 aromatic carbocycles. The van der Waals surface area contributed by atoms with E-state index in [0.29, 0.717) is 12.5 Å². The zero-order valence-electron chi connectivity index (χ0n) is 26.6. The van der Waals surface area contributed by atoms with Gasteiger partial charge >= 0.3 is 12.3 Å². The number of hydrogen-bond acceptors (Lipinski definition) is 8. The lowest BCUT2D eigenvalue weighted by molar-refractivity contribution is -0.162. The van der Waals surface area contributed by atoms with Crippen LogP contribution >= 0.6 is 0 Å². The fourth-order valence-electron chi connectivity index (χ4n) is 4.91. The van der Waals surface area contributed by atoms with Crippen molar-refractivity contribution in [1.29, 1.82) is 0 Å². The van der Waals surface area contributed by atoms with Gasteiger partial charge in [-0.2, -0.15) is 26.3 Å². The molecule has 3 amide bonds. The summed E-state index contributed by atoms with van der Waals surface area (Å²) >= 11 is 0. The van der Waals surface area contributed by atoms with Crippen LogP contribution in [-0.4, -0.2) is 98.3 Å². The van der Waals surface area contributed by atoms with E-state index in [2.05, 4.69) is 25.7 Å². The Labute approximate surface area is 280 Å². The first-order valence-corrected chi connectivity index (χ1v) is 15.2. The average Bonchev–Trinajstić information content (AvgIpc) is 3.49. The number of aryl methyl sites for hydroxylation is 1. The van der Waals surface area contributed by atoms with Crippen molar-refractivity contribution < 1.29 is 49.9 Å². The molecule has 4 rings (SSSR count). The fraction of sp³-hybridized carbons (Fsp3) is 0.467. The van der Waals surface area contributed by atoms with Crippen LogP contribution in [0, 0.1) is 5.82 Å². The smallest absolute Gasteiger partial charge is 0.397 e. The third-order valence-corrected chi connectivity index (χ3v) is 7.31. The molecule has 1 unspecified atom stereocenters. The van der Waals surface area contributed by atoms with Crippen molar-refractivity contribution in [3.8, 4) is 5.75 Å². The molecule has 1 atom stereocenters. The van der Waals surface area contributed by atoms with Crippen molar-refractivity contribution in [1.82, 2.24) is 34.7 Å². The van der Waals surface area contributed by atoms with E-state index in [0.717, 1.165) is 20.2 Å². The van der Waals surface area contributed by atoms with Crippen LogP contribution in [0.5, 0.6) is 5.75 Å². The molecule has 0 radical (unpaired) electrons. The first kappa shape index (κ1) is 37.8. The van der Waals surface area contributed by atoms with Crippen molar-refractivity contribution in [3.05, 3.63) is 70.2 Å². The molecule has 0 saturated carbocycles. The summed E-state index contributed by atoms with van der Waals surface area (Å²) in [7, 11) is 0. The topological polar surface area (TPSA) is 144 Å². The second-order valence-corrected chi connectivity index (χ2v) is 11.5. The van der Waals surface area contributed by atoms with Gasteiger partial charge < -0.3 is 24.8 Å². The predicted molar refractivity (Wildman–Crippen MR) is 161 cm³/mol. The predicted octanol–water partition coefficient (Wildman–Crippen LogP) is 2.96. The van der Waals surface area contributed by atoms with Crippen molar-refractivity contribution in [2.45, 2.75) is 57.9 Å². The van der Waals surface area contributed by atoms with Gasteiger partial charge in [-0.05, 0) is 30.2 Å². The summed E-state index contributed by atoms with van der Waals surface area (Å²) in [6, 6.07) is 6.85. The maximum absolute atomic E-state index is 14.8. The number of amides is 3. The molecule has 3 aromatic rings. The van der Waals surface area contributed by atoms with Gasteiger partial charge in [0, 0.05) is 52.4 Å². The van der Waals surface area contributed by atoms with E-state index in [4.69, 9.17) is 0 Å². The van der Waals surface area contributed by atoms with Gasteiger partial charge in [-0.3, -0.25) is 24.1 Å². The van der Waals surface area contributed by atoms with Crippen LogP contribution < -0.4 is 20.9 Å². The molecule has 1 aliphatic heterocycles. The Morgan fingerprint density at radius 2 is 1.78 bits per heavy atom. The van der Waals surface area contributed by atoms with Crippen molar-refractivity contribution >= 4 is 23.4 Å². The number of alkyl halides is 6. The first-order valence-electron chi connectivity index (χ1n) is 15.2. The molecule has 1 saturated heterocycles. The summed E-state index contributed by atoms with van der Waals surface area (Å²) in [5, 5.41) is 12.2. The van der Waals surface area contributed by atoms with E-state index in [1.807, 2.05) is 0 Å². The third kappa shape index (κ3) is 11.6. The number of ether oxygens (including phenoxy) is 1. The maximum atomic E-state index is 14.8. The molecular weight excluding hydrogens is 685 g/mol. The van der Waals surface area contributed by atoms with Crippen molar-refractivity contribution in [2.75, 3.05) is 38.0 Å². The molecule has 20 heteroatoms. The molecule has 1 aliphatic rings. The van der Waals surface area contributed by atoms with E-state index >= 15 is 0 Å². The number of carbonyl (C=O) groups excluding carboxylic acids is 3. The Bertz CT molecular complexity index is 1720. The van der Waals surface area contributed by atoms with Crippen LogP contribution in [0.3, 0.4) is 0 Å². The van der Waals surface area contributed by atoms with Crippen LogP contribution in [0.25, 0.3) is 0 Å². The summed E-state index contributed by atoms with van der Waals surface area (Å²) in [6.07, 6.45) is -9.06. The normalized spacial score (nSPS) is 14.7. The summed E-state index contributed by atoms with van der Waals surface area (Å²) in [5.41, 5.74) is -1.20. The van der Waals surface area contributed by atoms with Gasteiger partial charge in [-0.15, -0.1) is 5.10 Å². The largest absolute Gasteiger partial charge is 0.433 e. The molecule has 2 N–H and O–H groups in total. The second kappa shape index (κ2) is 16.1. The standard InChI is InChI=1S/C30H33F7N8O5/c1-29(33,34)50-21-4-2-3-19(13-21)15-38-27(48)23-17-45(41-40-23)16-20(31)5-7-44-8-6-22(26(32)28(44)49)39-24(46)18-42-9-11-43(12-10-42)25(47)14-30(35,36)37/h2-4,6,8,13,17,20H,5,7,9-12,14-16,18H2,1H3,(H,38,48)(H,39,46). The number of rotatable bonds is 14. The summed E-state index contributed by atoms with van der Waals surface area (Å²) in [6.45, 7) is -0.100. The molecular formula is C30H33F7N8O5. The van der Waals surface area contributed by atoms with E-state index in [9.17, 15) is 49.9 Å². The average molecular weight is 719 g/mol.